The Morgan fingerprint density at radius 1 is 1.20 bits per heavy atom. The van der Waals surface area contributed by atoms with Crippen LogP contribution in [0.4, 0.5) is 11.4 Å². The molecule has 0 aliphatic rings. The highest BCUT2D eigenvalue weighted by Crippen LogP contribution is 2.21. The highest BCUT2D eigenvalue weighted by atomic mass is 35.5. The van der Waals surface area contributed by atoms with Crippen LogP contribution in [0, 0.1) is 21.4 Å². The van der Waals surface area contributed by atoms with E-state index in [9.17, 15) is 10.1 Å². The van der Waals surface area contributed by atoms with Crippen LogP contribution in [-0.4, -0.2) is 10.6 Å². The SMILES string of the molecule is N#CC(=Nc1ccc([N+](=O)[O-])cc1)c1ccccc1Cl. The average Bonchev–Trinajstić information content (AvgIpc) is 2.46. The summed E-state index contributed by atoms with van der Waals surface area (Å²) in [6.45, 7) is 0. The van der Waals surface area contributed by atoms with Crippen molar-refractivity contribution in [2.45, 2.75) is 0 Å². The van der Waals surface area contributed by atoms with Crippen LogP contribution in [-0.2, 0) is 0 Å². The number of aliphatic imine (C=N–C) groups is 1. The molecule has 0 amide bonds. The lowest BCUT2D eigenvalue weighted by molar-refractivity contribution is -0.384. The summed E-state index contributed by atoms with van der Waals surface area (Å²) in [6, 6.07) is 14.5. The van der Waals surface area contributed by atoms with Gasteiger partial charge in [0.05, 0.1) is 15.6 Å². The minimum absolute atomic E-state index is 0.0276. The van der Waals surface area contributed by atoms with Crippen LogP contribution in [0.25, 0.3) is 0 Å². The van der Waals surface area contributed by atoms with E-state index in [4.69, 9.17) is 16.9 Å². The molecule has 0 heterocycles. The van der Waals surface area contributed by atoms with Gasteiger partial charge < -0.3 is 0 Å². The topological polar surface area (TPSA) is 79.3 Å². The summed E-state index contributed by atoms with van der Waals surface area (Å²) >= 11 is 6.01. The smallest absolute Gasteiger partial charge is 0.258 e. The first-order valence-corrected chi connectivity index (χ1v) is 5.98. The largest absolute Gasteiger partial charge is 0.269 e. The maximum atomic E-state index is 10.6. The molecule has 0 saturated carbocycles. The molecule has 2 rings (SSSR count). The molecule has 0 fully saturated rings. The van der Waals surface area contributed by atoms with Crippen molar-refractivity contribution in [3.8, 4) is 6.07 Å². The zero-order valence-electron chi connectivity index (χ0n) is 10.2. The van der Waals surface area contributed by atoms with Gasteiger partial charge in [-0.15, -0.1) is 0 Å². The first kappa shape index (κ1) is 13.7. The maximum Gasteiger partial charge on any atom is 0.269 e. The molecule has 0 aromatic heterocycles. The second-order valence-electron chi connectivity index (χ2n) is 3.83. The molecule has 20 heavy (non-hydrogen) atoms. The molecule has 0 aliphatic heterocycles. The van der Waals surface area contributed by atoms with Gasteiger partial charge in [0.25, 0.3) is 5.69 Å². The second-order valence-corrected chi connectivity index (χ2v) is 4.23. The number of hydrogen-bond acceptors (Lipinski definition) is 4. The van der Waals surface area contributed by atoms with E-state index >= 15 is 0 Å². The molecule has 0 unspecified atom stereocenters. The van der Waals surface area contributed by atoms with Crippen molar-refractivity contribution in [1.29, 1.82) is 5.26 Å². The van der Waals surface area contributed by atoms with Crippen molar-refractivity contribution in [3.63, 3.8) is 0 Å². The van der Waals surface area contributed by atoms with Crippen LogP contribution in [0.2, 0.25) is 5.02 Å². The fourth-order valence-corrected chi connectivity index (χ4v) is 1.80. The Bertz CT molecular complexity index is 718. The summed E-state index contributed by atoms with van der Waals surface area (Å²) in [4.78, 5) is 14.2. The van der Waals surface area contributed by atoms with E-state index in [1.165, 1.54) is 24.3 Å². The van der Waals surface area contributed by atoms with Gasteiger partial charge in [-0.05, 0) is 18.2 Å². The van der Waals surface area contributed by atoms with Crippen molar-refractivity contribution in [2.75, 3.05) is 0 Å². The predicted molar refractivity (Wildman–Crippen MR) is 76.4 cm³/mol. The molecule has 5 nitrogen and oxygen atoms in total. The van der Waals surface area contributed by atoms with Gasteiger partial charge in [-0.25, -0.2) is 4.99 Å². The number of nitro benzene ring substituents is 1. The highest BCUT2D eigenvalue weighted by Gasteiger charge is 2.08. The van der Waals surface area contributed by atoms with Gasteiger partial charge in [0.1, 0.15) is 11.8 Å². The highest BCUT2D eigenvalue weighted by molar-refractivity contribution is 6.35. The van der Waals surface area contributed by atoms with E-state index in [2.05, 4.69) is 4.99 Å². The predicted octanol–water partition coefficient (Wildman–Crippen LogP) is 3.89. The zero-order chi connectivity index (χ0) is 14.5. The fraction of sp³-hybridized carbons (Fsp3) is 0. The summed E-state index contributed by atoms with van der Waals surface area (Å²) in [5, 5.41) is 20.1. The Kier molecular flexibility index (Phi) is 4.08. The second kappa shape index (κ2) is 5.95. The van der Waals surface area contributed by atoms with Gasteiger partial charge in [-0.2, -0.15) is 5.26 Å². The number of non-ortho nitro benzene ring substituents is 1. The summed E-state index contributed by atoms with van der Waals surface area (Å²) in [5.74, 6) is 0. The Morgan fingerprint density at radius 3 is 2.40 bits per heavy atom. The van der Waals surface area contributed by atoms with E-state index in [-0.39, 0.29) is 11.4 Å². The third-order valence-electron chi connectivity index (χ3n) is 2.54. The quantitative estimate of drug-likeness (QED) is 0.487. The number of halogens is 1. The van der Waals surface area contributed by atoms with E-state index in [0.29, 0.717) is 16.3 Å². The van der Waals surface area contributed by atoms with Gasteiger partial charge in [-0.3, -0.25) is 10.1 Å². The van der Waals surface area contributed by atoms with E-state index < -0.39 is 4.92 Å². The molecule has 0 radical (unpaired) electrons. The number of rotatable bonds is 3. The van der Waals surface area contributed by atoms with Crippen LogP contribution in [0.15, 0.2) is 53.5 Å². The Labute approximate surface area is 119 Å². The van der Waals surface area contributed by atoms with Crippen LogP contribution < -0.4 is 0 Å². The number of benzene rings is 2. The van der Waals surface area contributed by atoms with E-state index in [0.717, 1.165) is 0 Å². The lowest BCUT2D eigenvalue weighted by Crippen LogP contribution is -1.97. The third-order valence-corrected chi connectivity index (χ3v) is 2.87. The van der Waals surface area contributed by atoms with Gasteiger partial charge in [0.2, 0.25) is 0 Å². The van der Waals surface area contributed by atoms with Crippen LogP contribution in [0.5, 0.6) is 0 Å². The van der Waals surface area contributed by atoms with Crippen molar-refractivity contribution in [1.82, 2.24) is 0 Å². The normalized spacial score (nSPS) is 10.9. The Hall–Kier alpha value is -2.71. The maximum absolute atomic E-state index is 10.6. The molecule has 0 aliphatic carbocycles. The lowest BCUT2D eigenvalue weighted by Gasteiger charge is -2.01. The minimum Gasteiger partial charge on any atom is -0.258 e. The molecule has 0 N–H and O–H groups in total. The molecular weight excluding hydrogens is 278 g/mol. The lowest BCUT2D eigenvalue weighted by atomic mass is 10.1. The van der Waals surface area contributed by atoms with Crippen molar-refractivity contribution in [3.05, 3.63) is 69.2 Å². The molecule has 2 aromatic carbocycles. The van der Waals surface area contributed by atoms with Gasteiger partial charge in [0, 0.05) is 17.7 Å². The Morgan fingerprint density at radius 2 is 1.85 bits per heavy atom. The Balaban J connectivity index is 2.40. The molecular formula is C14H8ClN3O2. The molecule has 0 bridgehead atoms. The summed E-state index contributed by atoms with van der Waals surface area (Å²) in [6.07, 6.45) is 0. The standard InChI is InChI=1S/C14H8ClN3O2/c15-13-4-2-1-3-12(13)14(9-16)17-10-5-7-11(8-6-10)18(19)20/h1-8H. The average molecular weight is 286 g/mol. The van der Waals surface area contributed by atoms with Crippen molar-refractivity contribution < 1.29 is 4.92 Å². The number of nitro groups is 1. The summed E-state index contributed by atoms with van der Waals surface area (Å²) in [7, 11) is 0. The van der Waals surface area contributed by atoms with E-state index in [1.54, 1.807) is 24.3 Å². The zero-order valence-corrected chi connectivity index (χ0v) is 10.9. The monoisotopic (exact) mass is 285 g/mol. The number of nitrogens with zero attached hydrogens (tertiary/aromatic N) is 3. The van der Waals surface area contributed by atoms with Crippen LogP contribution in [0.1, 0.15) is 5.56 Å². The molecule has 98 valence electrons. The molecule has 0 spiro atoms. The minimum atomic E-state index is -0.493. The van der Waals surface area contributed by atoms with Gasteiger partial charge in [0.15, 0.2) is 0 Å². The van der Waals surface area contributed by atoms with Gasteiger partial charge in [-0.1, -0.05) is 29.8 Å². The molecule has 2 aromatic rings. The fourth-order valence-electron chi connectivity index (χ4n) is 1.58. The summed E-state index contributed by atoms with van der Waals surface area (Å²) in [5.41, 5.74) is 1.10. The molecule has 0 saturated heterocycles. The van der Waals surface area contributed by atoms with Crippen molar-refractivity contribution >= 4 is 28.7 Å². The van der Waals surface area contributed by atoms with Crippen molar-refractivity contribution in [2.24, 2.45) is 4.99 Å². The first-order chi connectivity index (χ1) is 9.61. The van der Waals surface area contributed by atoms with Gasteiger partial charge >= 0.3 is 0 Å². The van der Waals surface area contributed by atoms with Crippen LogP contribution in [0.3, 0.4) is 0 Å². The van der Waals surface area contributed by atoms with E-state index in [1.807, 2.05) is 6.07 Å². The van der Waals surface area contributed by atoms with Crippen LogP contribution >= 0.6 is 11.6 Å². The third kappa shape index (κ3) is 2.99. The molecule has 0 atom stereocenters. The number of hydrogen-bond donors (Lipinski definition) is 0. The first-order valence-electron chi connectivity index (χ1n) is 5.60. The number of nitriles is 1. The summed E-state index contributed by atoms with van der Waals surface area (Å²) < 4.78 is 0. The molecule has 6 heteroatoms.